The number of carbonyl (C=O) groups is 1. The molecule has 26 heavy (non-hydrogen) atoms. The van der Waals surface area contributed by atoms with E-state index in [0.717, 1.165) is 64.6 Å². The van der Waals surface area contributed by atoms with Crippen LogP contribution in [0.5, 0.6) is 0 Å². The first-order valence-electron chi connectivity index (χ1n) is 9.58. The van der Waals surface area contributed by atoms with Crippen LogP contribution >= 0.6 is 24.0 Å². The second-order valence-electron chi connectivity index (χ2n) is 7.25. The maximum Gasteiger partial charge on any atom is 0.222 e. The van der Waals surface area contributed by atoms with Crippen molar-refractivity contribution in [1.29, 1.82) is 0 Å². The smallest absolute Gasteiger partial charge is 0.222 e. The Morgan fingerprint density at radius 1 is 1.31 bits per heavy atom. The predicted octanol–water partition coefficient (Wildman–Crippen LogP) is 1.28. The molecular weight excluding hydrogens is 445 g/mol. The number of nitrogens with zero attached hydrogens (tertiary/aromatic N) is 3. The molecule has 0 bridgehead atoms. The number of hydrogen-bond acceptors (Lipinski definition) is 4. The number of hydrogen-bond donors (Lipinski definition) is 2. The van der Waals surface area contributed by atoms with Crippen LogP contribution in [-0.4, -0.2) is 86.7 Å². The van der Waals surface area contributed by atoms with E-state index in [1.54, 1.807) is 0 Å². The molecule has 1 unspecified atom stereocenters. The Balaban J connectivity index is 0.00000338. The lowest BCUT2D eigenvalue weighted by Crippen LogP contribution is -2.52. The number of amides is 1. The summed E-state index contributed by atoms with van der Waals surface area (Å²) < 4.78 is 5.54. The lowest BCUT2D eigenvalue weighted by atomic mass is 9.89. The van der Waals surface area contributed by atoms with Gasteiger partial charge < -0.3 is 25.2 Å². The van der Waals surface area contributed by atoms with Crippen LogP contribution in [0.2, 0.25) is 0 Å². The van der Waals surface area contributed by atoms with Crippen LogP contribution < -0.4 is 10.6 Å². The van der Waals surface area contributed by atoms with Gasteiger partial charge in [0.2, 0.25) is 5.91 Å². The van der Waals surface area contributed by atoms with E-state index in [2.05, 4.69) is 36.6 Å². The molecule has 1 atom stereocenters. The molecule has 2 heterocycles. The number of carbonyl (C=O) groups excluding carboxylic acids is 1. The Hall–Kier alpha value is -0.610. The minimum atomic E-state index is 0. The Bertz CT molecular complexity index is 466. The second-order valence-corrected chi connectivity index (χ2v) is 7.25. The van der Waals surface area contributed by atoms with Gasteiger partial charge in [-0.3, -0.25) is 9.79 Å². The largest absolute Gasteiger partial charge is 0.381 e. The topological polar surface area (TPSA) is 69.2 Å². The molecule has 0 spiro atoms. The SMILES string of the molecule is CCNC(=NCC1(N(C)C)CCOCC1)NC1CCN(C(=O)CC)C1.I. The molecule has 1 amide bonds. The van der Waals surface area contributed by atoms with Gasteiger partial charge >= 0.3 is 0 Å². The maximum atomic E-state index is 11.9. The fourth-order valence-corrected chi connectivity index (χ4v) is 3.57. The van der Waals surface area contributed by atoms with E-state index in [4.69, 9.17) is 9.73 Å². The molecule has 2 saturated heterocycles. The predicted molar refractivity (Wildman–Crippen MR) is 116 cm³/mol. The van der Waals surface area contributed by atoms with E-state index in [0.29, 0.717) is 6.42 Å². The van der Waals surface area contributed by atoms with Crippen molar-refractivity contribution in [2.24, 2.45) is 4.99 Å². The summed E-state index contributed by atoms with van der Waals surface area (Å²) in [6.07, 6.45) is 3.56. The van der Waals surface area contributed by atoms with E-state index in [1.807, 2.05) is 11.8 Å². The van der Waals surface area contributed by atoms with E-state index in [1.165, 1.54) is 0 Å². The van der Waals surface area contributed by atoms with Gasteiger partial charge in [0.15, 0.2) is 5.96 Å². The highest BCUT2D eigenvalue weighted by atomic mass is 127. The highest BCUT2D eigenvalue weighted by molar-refractivity contribution is 14.0. The van der Waals surface area contributed by atoms with Crippen LogP contribution in [0.25, 0.3) is 0 Å². The summed E-state index contributed by atoms with van der Waals surface area (Å²) in [5, 5.41) is 6.87. The fourth-order valence-electron chi connectivity index (χ4n) is 3.57. The monoisotopic (exact) mass is 481 g/mol. The van der Waals surface area contributed by atoms with E-state index >= 15 is 0 Å². The number of aliphatic imine (C=N–C) groups is 1. The van der Waals surface area contributed by atoms with Gasteiger partial charge in [0, 0.05) is 50.8 Å². The number of rotatable bonds is 6. The summed E-state index contributed by atoms with van der Waals surface area (Å²) in [5.74, 6) is 1.09. The fraction of sp³-hybridized carbons (Fsp3) is 0.889. The highest BCUT2D eigenvalue weighted by Gasteiger charge is 2.35. The molecule has 2 N–H and O–H groups in total. The number of likely N-dealkylation sites (tertiary alicyclic amines) is 1. The molecule has 2 aliphatic rings. The van der Waals surface area contributed by atoms with Crippen LogP contribution in [0, 0.1) is 0 Å². The van der Waals surface area contributed by atoms with E-state index in [9.17, 15) is 4.79 Å². The third kappa shape index (κ3) is 6.23. The summed E-state index contributed by atoms with van der Waals surface area (Å²) in [5.41, 5.74) is 0.0699. The normalized spacial score (nSPS) is 22.9. The molecule has 0 radical (unpaired) electrons. The third-order valence-electron chi connectivity index (χ3n) is 5.43. The molecular formula is C18H36IN5O2. The van der Waals surface area contributed by atoms with E-state index in [-0.39, 0.29) is 41.5 Å². The highest BCUT2D eigenvalue weighted by Crippen LogP contribution is 2.26. The standard InChI is InChI=1S/C18H35N5O2.HI/c1-5-16(24)23-10-7-15(13-23)21-17(19-6-2)20-14-18(22(3)4)8-11-25-12-9-18;/h15H,5-14H2,1-4H3,(H2,19,20,21);1H. The van der Waals surface area contributed by atoms with Crippen LogP contribution in [0.3, 0.4) is 0 Å². The average molecular weight is 481 g/mol. The Morgan fingerprint density at radius 3 is 2.58 bits per heavy atom. The van der Waals surface area contributed by atoms with Crippen molar-refractivity contribution in [3.63, 3.8) is 0 Å². The van der Waals surface area contributed by atoms with Crippen molar-refractivity contribution >= 4 is 35.8 Å². The third-order valence-corrected chi connectivity index (χ3v) is 5.43. The van der Waals surface area contributed by atoms with Crippen molar-refractivity contribution in [2.45, 2.75) is 51.1 Å². The lowest BCUT2D eigenvalue weighted by molar-refractivity contribution is -0.129. The Morgan fingerprint density at radius 2 is 2.00 bits per heavy atom. The van der Waals surface area contributed by atoms with E-state index < -0.39 is 0 Å². The van der Waals surface area contributed by atoms with Gasteiger partial charge in [0.25, 0.3) is 0 Å². The van der Waals surface area contributed by atoms with Gasteiger partial charge in [-0.25, -0.2) is 0 Å². The van der Waals surface area contributed by atoms with Gasteiger partial charge in [-0.15, -0.1) is 24.0 Å². The summed E-state index contributed by atoms with van der Waals surface area (Å²) in [6, 6.07) is 0.276. The number of halogens is 1. The number of guanidine groups is 1. The molecule has 0 aromatic rings. The Kier molecular flexibility index (Phi) is 10.2. The first-order valence-corrected chi connectivity index (χ1v) is 9.58. The van der Waals surface area contributed by atoms with Gasteiger partial charge in [-0.05, 0) is 40.3 Å². The summed E-state index contributed by atoms with van der Waals surface area (Å²) in [4.78, 5) is 21.0. The molecule has 0 aliphatic carbocycles. The van der Waals surface area contributed by atoms with Crippen molar-refractivity contribution in [2.75, 3.05) is 53.5 Å². The minimum Gasteiger partial charge on any atom is -0.381 e. The van der Waals surface area contributed by atoms with Gasteiger partial charge in [0.05, 0.1) is 6.54 Å². The number of likely N-dealkylation sites (N-methyl/N-ethyl adjacent to an activating group) is 1. The molecule has 8 heteroatoms. The van der Waals surface area contributed by atoms with Crippen molar-refractivity contribution in [1.82, 2.24) is 20.4 Å². The molecule has 152 valence electrons. The van der Waals surface area contributed by atoms with Crippen LogP contribution in [0.4, 0.5) is 0 Å². The van der Waals surface area contributed by atoms with Crippen LogP contribution in [0.1, 0.15) is 39.5 Å². The summed E-state index contributed by atoms with van der Waals surface area (Å²) in [7, 11) is 4.26. The van der Waals surface area contributed by atoms with Crippen LogP contribution in [-0.2, 0) is 9.53 Å². The zero-order chi connectivity index (χ0) is 18.3. The lowest BCUT2D eigenvalue weighted by Gasteiger charge is -2.41. The molecule has 2 rings (SSSR count). The van der Waals surface area contributed by atoms with Gasteiger partial charge in [-0.1, -0.05) is 6.92 Å². The summed E-state index contributed by atoms with van der Waals surface area (Å²) in [6.45, 7) is 8.78. The van der Waals surface area contributed by atoms with Gasteiger partial charge in [-0.2, -0.15) is 0 Å². The zero-order valence-corrected chi connectivity index (χ0v) is 19.0. The van der Waals surface area contributed by atoms with Gasteiger partial charge in [0.1, 0.15) is 0 Å². The van der Waals surface area contributed by atoms with Crippen molar-refractivity contribution in [3.05, 3.63) is 0 Å². The maximum absolute atomic E-state index is 11.9. The molecule has 0 aromatic carbocycles. The minimum absolute atomic E-state index is 0. The average Bonchev–Trinajstić information content (AvgIpc) is 3.08. The Labute approximate surface area is 175 Å². The molecule has 2 aliphatic heterocycles. The van der Waals surface area contributed by atoms with Crippen molar-refractivity contribution < 1.29 is 9.53 Å². The van der Waals surface area contributed by atoms with Crippen LogP contribution in [0.15, 0.2) is 4.99 Å². The first-order chi connectivity index (χ1) is 12.0. The molecule has 7 nitrogen and oxygen atoms in total. The molecule has 0 saturated carbocycles. The first kappa shape index (κ1) is 23.4. The number of ether oxygens (including phenoxy) is 1. The quantitative estimate of drug-likeness (QED) is 0.340. The molecule has 2 fully saturated rings. The summed E-state index contributed by atoms with van der Waals surface area (Å²) >= 11 is 0. The molecule has 0 aromatic heterocycles. The number of nitrogens with one attached hydrogen (secondary N) is 2. The second kappa shape index (κ2) is 11.3. The van der Waals surface area contributed by atoms with Crippen molar-refractivity contribution in [3.8, 4) is 0 Å². The zero-order valence-electron chi connectivity index (χ0n) is 16.7.